The maximum Gasteiger partial charge on any atom is 0.343 e. The van der Waals surface area contributed by atoms with Crippen molar-refractivity contribution in [1.82, 2.24) is 0 Å². The fraction of sp³-hybridized carbons (Fsp3) is 0.167. The highest BCUT2D eigenvalue weighted by molar-refractivity contribution is 5.83. The predicted molar refractivity (Wildman–Crippen MR) is 84.3 cm³/mol. The Kier molecular flexibility index (Phi) is 3.83. The SMILES string of the molecule is O=c1oc2ccccc2c(O)c1CCCc1cccc(O)c1. The van der Waals surface area contributed by atoms with Gasteiger partial charge >= 0.3 is 5.63 Å². The third-order valence-electron chi connectivity index (χ3n) is 3.68. The van der Waals surface area contributed by atoms with Crippen LogP contribution in [0.25, 0.3) is 11.0 Å². The minimum atomic E-state index is -0.493. The van der Waals surface area contributed by atoms with Gasteiger partial charge in [-0.15, -0.1) is 0 Å². The molecule has 0 atom stereocenters. The van der Waals surface area contributed by atoms with Crippen LogP contribution in [0.4, 0.5) is 0 Å². The van der Waals surface area contributed by atoms with Crippen molar-refractivity contribution in [3.05, 3.63) is 70.1 Å². The van der Waals surface area contributed by atoms with E-state index < -0.39 is 5.63 Å². The largest absolute Gasteiger partial charge is 0.508 e. The summed E-state index contributed by atoms with van der Waals surface area (Å²) in [5.74, 6) is 0.230. The molecule has 112 valence electrons. The van der Waals surface area contributed by atoms with Crippen molar-refractivity contribution in [2.45, 2.75) is 19.3 Å². The Bertz CT molecular complexity index is 864. The molecule has 0 saturated carbocycles. The summed E-state index contributed by atoms with van der Waals surface area (Å²) >= 11 is 0. The maximum atomic E-state index is 12.0. The third kappa shape index (κ3) is 2.81. The average molecular weight is 296 g/mol. The summed E-state index contributed by atoms with van der Waals surface area (Å²) in [7, 11) is 0. The van der Waals surface area contributed by atoms with Crippen LogP contribution in [-0.4, -0.2) is 10.2 Å². The van der Waals surface area contributed by atoms with Gasteiger partial charge in [0.2, 0.25) is 0 Å². The molecule has 2 N–H and O–H groups in total. The lowest BCUT2D eigenvalue weighted by Crippen LogP contribution is -2.08. The molecule has 0 bridgehead atoms. The van der Waals surface area contributed by atoms with E-state index in [4.69, 9.17) is 4.42 Å². The summed E-state index contributed by atoms with van der Waals surface area (Å²) in [6, 6.07) is 14.0. The monoisotopic (exact) mass is 296 g/mol. The molecule has 3 rings (SSSR count). The molecule has 2 aromatic carbocycles. The Morgan fingerprint density at radius 1 is 0.955 bits per heavy atom. The molecule has 0 amide bonds. The van der Waals surface area contributed by atoms with Gasteiger partial charge in [-0.3, -0.25) is 0 Å². The molecule has 0 aliphatic heterocycles. The van der Waals surface area contributed by atoms with Gasteiger partial charge in [0.1, 0.15) is 17.1 Å². The highest BCUT2D eigenvalue weighted by Gasteiger charge is 2.13. The number of hydrogen-bond donors (Lipinski definition) is 2. The fourth-order valence-corrected chi connectivity index (χ4v) is 2.57. The van der Waals surface area contributed by atoms with Crippen LogP contribution in [0.2, 0.25) is 0 Å². The summed E-state index contributed by atoms with van der Waals surface area (Å²) in [5, 5.41) is 20.3. The second-order valence-electron chi connectivity index (χ2n) is 5.24. The Labute approximate surface area is 127 Å². The number of fused-ring (bicyclic) bond motifs is 1. The van der Waals surface area contributed by atoms with Crippen LogP contribution >= 0.6 is 0 Å². The number of para-hydroxylation sites is 1. The highest BCUT2D eigenvalue weighted by Crippen LogP contribution is 2.27. The van der Waals surface area contributed by atoms with Crippen LogP contribution < -0.4 is 5.63 Å². The summed E-state index contributed by atoms with van der Waals surface area (Å²) < 4.78 is 5.24. The Morgan fingerprint density at radius 3 is 2.59 bits per heavy atom. The molecule has 0 aliphatic carbocycles. The molecule has 0 unspecified atom stereocenters. The molecular formula is C18H16O4. The minimum absolute atomic E-state index is 0.00255. The maximum absolute atomic E-state index is 12.0. The number of aromatic hydroxyl groups is 2. The lowest BCUT2D eigenvalue weighted by molar-refractivity contribution is 0.455. The van der Waals surface area contributed by atoms with Crippen molar-refractivity contribution >= 4 is 11.0 Å². The molecule has 4 heteroatoms. The van der Waals surface area contributed by atoms with E-state index in [1.54, 1.807) is 42.5 Å². The molecule has 0 spiro atoms. The van der Waals surface area contributed by atoms with Crippen molar-refractivity contribution in [3.8, 4) is 11.5 Å². The van der Waals surface area contributed by atoms with Gasteiger partial charge in [-0.05, 0) is 49.1 Å². The van der Waals surface area contributed by atoms with Crippen molar-refractivity contribution in [3.63, 3.8) is 0 Å². The number of benzene rings is 2. The van der Waals surface area contributed by atoms with Gasteiger partial charge in [-0.2, -0.15) is 0 Å². The van der Waals surface area contributed by atoms with E-state index in [9.17, 15) is 15.0 Å². The number of aryl methyl sites for hydroxylation is 1. The molecule has 0 saturated heterocycles. The van der Waals surface area contributed by atoms with Crippen LogP contribution in [0.3, 0.4) is 0 Å². The van der Waals surface area contributed by atoms with E-state index in [-0.39, 0.29) is 11.5 Å². The molecular weight excluding hydrogens is 280 g/mol. The number of phenolic OH excluding ortho intramolecular Hbond substituents is 1. The second kappa shape index (κ2) is 5.93. The summed E-state index contributed by atoms with van der Waals surface area (Å²) in [4.78, 5) is 12.0. The highest BCUT2D eigenvalue weighted by atomic mass is 16.4. The summed E-state index contributed by atoms with van der Waals surface area (Å²) in [5.41, 5.74) is 1.19. The van der Waals surface area contributed by atoms with Gasteiger partial charge in [0.15, 0.2) is 0 Å². The normalized spacial score (nSPS) is 10.9. The molecule has 1 aromatic heterocycles. The summed E-state index contributed by atoms with van der Waals surface area (Å²) in [6.45, 7) is 0. The Balaban J connectivity index is 1.81. The molecule has 0 radical (unpaired) electrons. The molecule has 3 aromatic rings. The van der Waals surface area contributed by atoms with Gasteiger partial charge in [0.25, 0.3) is 0 Å². The molecule has 0 fully saturated rings. The first-order valence-corrected chi connectivity index (χ1v) is 7.17. The summed E-state index contributed by atoms with van der Waals surface area (Å²) in [6.07, 6.45) is 1.81. The van der Waals surface area contributed by atoms with Crippen molar-refractivity contribution in [1.29, 1.82) is 0 Å². The smallest absolute Gasteiger partial charge is 0.343 e. The number of hydrogen-bond acceptors (Lipinski definition) is 4. The van der Waals surface area contributed by atoms with E-state index in [0.29, 0.717) is 35.8 Å². The first kappa shape index (κ1) is 14.2. The van der Waals surface area contributed by atoms with Crippen molar-refractivity contribution < 1.29 is 14.6 Å². The van der Waals surface area contributed by atoms with Gasteiger partial charge in [0, 0.05) is 0 Å². The van der Waals surface area contributed by atoms with Crippen LogP contribution in [0.15, 0.2) is 57.7 Å². The van der Waals surface area contributed by atoms with Gasteiger partial charge in [0.05, 0.1) is 10.9 Å². The zero-order valence-corrected chi connectivity index (χ0v) is 12.0. The van der Waals surface area contributed by atoms with Gasteiger partial charge in [-0.25, -0.2) is 4.79 Å². The topological polar surface area (TPSA) is 70.7 Å². The van der Waals surface area contributed by atoms with Crippen molar-refractivity contribution in [2.75, 3.05) is 0 Å². The third-order valence-corrected chi connectivity index (χ3v) is 3.68. The average Bonchev–Trinajstić information content (AvgIpc) is 2.51. The van der Waals surface area contributed by atoms with E-state index in [1.807, 2.05) is 6.07 Å². The standard InChI is InChI=1S/C18H16O4/c19-13-7-3-5-12(11-13)6-4-9-15-17(20)14-8-1-2-10-16(14)22-18(15)21/h1-3,5,7-8,10-11,19-20H,4,6,9H2. The van der Waals surface area contributed by atoms with Crippen LogP contribution in [0, 0.1) is 0 Å². The van der Waals surface area contributed by atoms with E-state index in [0.717, 1.165) is 5.56 Å². The van der Waals surface area contributed by atoms with E-state index in [1.165, 1.54) is 0 Å². The first-order chi connectivity index (χ1) is 10.6. The Hall–Kier alpha value is -2.75. The lowest BCUT2D eigenvalue weighted by atomic mass is 10.0. The first-order valence-electron chi connectivity index (χ1n) is 7.17. The number of phenols is 1. The van der Waals surface area contributed by atoms with Crippen molar-refractivity contribution in [2.24, 2.45) is 0 Å². The molecule has 22 heavy (non-hydrogen) atoms. The van der Waals surface area contributed by atoms with Crippen LogP contribution in [0.5, 0.6) is 11.5 Å². The van der Waals surface area contributed by atoms with Gasteiger partial charge < -0.3 is 14.6 Å². The predicted octanol–water partition coefficient (Wildman–Crippen LogP) is 3.38. The zero-order chi connectivity index (χ0) is 15.5. The molecule has 0 aliphatic rings. The van der Waals surface area contributed by atoms with Gasteiger partial charge in [-0.1, -0.05) is 24.3 Å². The number of rotatable bonds is 4. The van der Waals surface area contributed by atoms with Crippen LogP contribution in [-0.2, 0) is 12.8 Å². The second-order valence-corrected chi connectivity index (χ2v) is 5.24. The van der Waals surface area contributed by atoms with E-state index in [2.05, 4.69) is 0 Å². The molecule has 1 heterocycles. The minimum Gasteiger partial charge on any atom is -0.508 e. The van der Waals surface area contributed by atoms with Crippen LogP contribution in [0.1, 0.15) is 17.5 Å². The molecule has 4 nitrogen and oxygen atoms in total. The zero-order valence-electron chi connectivity index (χ0n) is 12.0. The fourth-order valence-electron chi connectivity index (χ4n) is 2.57. The lowest BCUT2D eigenvalue weighted by Gasteiger charge is -2.06. The Morgan fingerprint density at radius 2 is 1.77 bits per heavy atom. The van der Waals surface area contributed by atoms with E-state index >= 15 is 0 Å². The quantitative estimate of drug-likeness (QED) is 0.724.